The third-order valence-corrected chi connectivity index (χ3v) is 8.56. The lowest BCUT2D eigenvalue weighted by Crippen LogP contribution is -2.37. The fourth-order valence-electron chi connectivity index (χ4n) is 1.73. The highest BCUT2D eigenvalue weighted by Crippen LogP contribution is 2.41. The maximum Gasteiger partial charge on any atom is 0.213 e. The Morgan fingerprint density at radius 2 is 1.60 bits per heavy atom. The molecule has 1 rings (SSSR count). The molecule has 2 nitrogen and oxygen atoms in total. The summed E-state index contributed by atoms with van der Waals surface area (Å²) in [6.07, 6.45) is 2.69. The molecule has 1 aliphatic rings. The summed E-state index contributed by atoms with van der Waals surface area (Å²) in [5, 5.41) is 1.59. The fraction of sp³-hybridized carbons (Fsp3) is 0.818. The van der Waals surface area contributed by atoms with Gasteiger partial charge in [-0.2, -0.15) is 0 Å². The summed E-state index contributed by atoms with van der Waals surface area (Å²) < 4.78 is 11.3. The third kappa shape index (κ3) is 3.55. The van der Waals surface area contributed by atoms with Gasteiger partial charge < -0.3 is 8.85 Å². The van der Waals surface area contributed by atoms with Crippen molar-refractivity contribution in [1.29, 1.82) is 0 Å². The summed E-state index contributed by atoms with van der Waals surface area (Å²) in [4.78, 5) is 0. The van der Waals surface area contributed by atoms with Crippen molar-refractivity contribution in [2.75, 3.05) is 14.2 Å². The molecule has 0 spiro atoms. The first-order valence-electron chi connectivity index (χ1n) is 5.66. The fourth-order valence-corrected chi connectivity index (χ4v) is 6.77. The smallest absolute Gasteiger partial charge is 0.213 e. The molecule has 0 amide bonds. The summed E-state index contributed by atoms with van der Waals surface area (Å²) in [5.74, 6) is 0.800. The topological polar surface area (TPSA) is 18.5 Å². The third-order valence-electron chi connectivity index (χ3n) is 3.25. The minimum absolute atomic E-state index is 0.800. The molecule has 0 atom stereocenters. The highest BCUT2D eigenvalue weighted by Gasteiger charge is 2.39. The lowest BCUT2D eigenvalue weighted by Gasteiger charge is -2.27. The van der Waals surface area contributed by atoms with Crippen LogP contribution in [0.3, 0.4) is 0 Å². The average molecular weight is 244 g/mol. The first-order valence-corrected chi connectivity index (χ1v) is 11.6. The second kappa shape index (κ2) is 4.53. The van der Waals surface area contributed by atoms with E-state index in [1.165, 1.54) is 12.8 Å². The van der Waals surface area contributed by atoms with Crippen molar-refractivity contribution in [2.45, 2.75) is 39.0 Å². The zero-order valence-electron chi connectivity index (χ0n) is 10.9. The minimum atomic E-state index is -1.62. The molecule has 1 aliphatic carbocycles. The molecular weight excluding hydrogens is 220 g/mol. The van der Waals surface area contributed by atoms with Gasteiger partial charge in [-0.1, -0.05) is 10.9 Å². The summed E-state index contributed by atoms with van der Waals surface area (Å²) in [7, 11) is 0.465. The van der Waals surface area contributed by atoms with Gasteiger partial charge in [-0.05, 0) is 44.9 Å². The molecular formula is C11H24O2Si2. The number of allylic oxidation sites excluding steroid dienone is 1. The highest BCUT2D eigenvalue weighted by atomic mass is 28.4. The Bertz CT molecular complexity index is 255. The van der Waals surface area contributed by atoms with E-state index in [0.29, 0.717) is 0 Å². The number of hydrogen-bond donors (Lipinski definition) is 0. The van der Waals surface area contributed by atoms with Gasteiger partial charge in [-0.25, -0.2) is 0 Å². The molecule has 1 saturated carbocycles. The second-order valence-corrected chi connectivity index (χ2v) is 13.3. The van der Waals surface area contributed by atoms with Crippen LogP contribution < -0.4 is 0 Å². The van der Waals surface area contributed by atoms with E-state index in [1.807, 2.05) is 14.2 Å². The molecule has 1 fully saturated rings. The van der Waals surface area contributed by atoms with Crippen molar-refractivity contribution in [3.05, 3.63) is 10.9 Å². The quantitative estimate of drug-likeness (QED) is 0.692. The van der Waals surface area contributed by atoms with Crippen molar-refractivity contribution in [3.8, 4) is 0 Å². The molecule has 0 heterocycles. The van der Waals surface area contributed by atoms with Gasteiger partial charge in [0.25, 0.3) is 0 Å². The van der Waals surface area contributed by atoms with Gasteiger partial charge in [0.2, 0.25) is 16.6 Å². The number of rotatable bonds is 5. The predicted octanol–water partition coefficient (Wildman–Crippen LogP) is 3.10. The lowest BCUT2D eigenvalue weighted by molar-refractivity contribution is 0.407. The SMILES string of the molecule is CO[Si](C)(C)/C=C(\C1CC1)[Si](C)(C)OC. The Kier molecular flexibility index (Phi) is 3.97. The molecule has 4 heteroatoms. The summed E-state index contributed by atoms with van der Waals surface area (Å²) in [6.45, 7) is 9.07. The van der Waals surface area contributed by atoms with Crippen LogP contribution in [-0.4, -0.2) is 30.9 Å². The van der Waals surface area contributed by atoms with Crippen LogP contribution in [0.25, 0.3) is 0 Å². The van der Waals surface area contributed by atoms with E-state index in [2.05, 4.69) is 31.9 Å². The van der Waals surface area contributed by atoms with Crippen molar-refractivity contribution >= 4 is 16.6 Å². The Labute approximate surface area is 95.9 Å². The van der Waals surface area contributed by atoms with E-state index in [4.69, 9.17) is 8.85 Å². The van der Waals surface area contributed by atoms with E-state index in [-0.39, 0.29) is 0 Å². The van der Waals surface area contributed by atoms with Gasteiger partial charge in [0.05, 0.1) is 0 Å². The van der Waals surface area contributed by atoms with Crippen LogP contribution in [0.1, 0.15) is 12.8 Å². The molecule has 0 aromatic carbocycles. The molecule has 0 N–H and O–H groups in total. The monoisotopic (exact) mass is 244 g/mol. The van der Waals surface area contributed by atoms with Gasteiger partial charge in [-0.3, -0.25) is 0 Å². The van der Waals surface area contributed by atoms with E-state index in [1.54, 1.807) is 5.20 Å². The van der Waals surface area contributed by atoms with Crippen LogP contribution in [0.2, 0.25) is 26.2 Å². The van der Waals surface area contributed by atoms with Crippen LogP contribution in [0, 0.1) is 5.92 Å². The summed E-state index contributed by atoms with van der Waals surface area (Å²) in [5.41, 5.74) is 2.43. The molecule has 0 aromatic heterocycles. The highest BCUT2D eigenvalue weighted by molar-refractivity contribution is 6.83. The van der Waals surface area contributed by atoms with E-state index in [9.17, 15) is 0 Å². The predicted molar refractivity (Wildman–Crippen MR) is 69.8 cm³/mol. The van der Waals surface area contributed by atoms with Gasteiger partial charge >= 0.3 is 0 Å². The number of hydrogen-bond acceptors (Lipinski definition) is 2. The normalized spacial score (nSPS) is 19.5. The molecule has 0 bridgehead atoms. The largest absolute Gasteiger partial charge is 0.417 e. The zero-order valence-corrected chi connectivity index (χ0v) is 12.9. The van der Waals surface area contributed by atoms with Crippen molar-refractivity contribution in [3.63, 3.8) is 0 Å². The van der Waals surface area contributed by atoms with Gasteiger partial charge in [0.1, 0.15) is 0 Å². The molecule has 0 saturated heterocycles. The van der Waals surface area contributed by atoms with Crippen LogP contribution in [0.15, 0.2) is 10.9 Å². The molecule has 0 unspecified atom stereocenters. The molecule has 0 aliphatic heterocycles. The zero-order chi connectivity index (χ0) is 11.7. The first kappa shape index (κ1) is 13.2. The van der Waals surface area contributed by atoms with E-state index < -0.39 is 16.6 Å². The van der Waals surface area contributed by atoms with E-state index >= 15 is 0 Å². The molecule has 88 valence electrons. The van der Waals surface area contributed by atoms with Gasteiger partial charge in [-0.15, -0.1) is 0 Å². The average Bonchev–Trinajstić information content (AvgIpc) is 2.97. The van der Waals surface area contributed by atoms with E-state index in [0.717, 1.165) is 5.92 Å². The standard InChI is InChI=1S/C11H24O2Si2/c1-12-14(3,4)9-11(10-7-8-10)15(5,6)13-2/h9-10H,7-8H2,1-6H3/b11-9+. The molecule has 0 radical (unpaired) electrons. The van der Waals surface area contributed by atoms with Crippen molar-refractivity contribution in [1.82, 2.24) is 0 Å². The Morgan fingerprint density at radius 3 is 1.93 bits per heavy atom. The maximum atomic E-state index is 5.73. The Balaban J connectivity index is 2.92. The summed E-state index contributed by atoms with van der Waals surface area (Å²) in [6, 6.07) is 0. The Morgan fingerprint density at radius 1 is 1.07 bits per heavy atom. The lowest BCUT2D eigenvalue weighted by atomic mass is 10.4. The van der Waals surface area contributed by atoms with Crippen LogP contribution >= 0.6 is 0 Å². The maximum absolute atomic E-state index is 5.73. The van der Waals surface area contributed by atoms with Crippen LogP contribution in [-0.2, 0) is 8.85 Å². The van der Waals surface area contributed by atoms with Crippen LogP contribution in [0.4, 0.5) is 0 Å². The van der Waals surface area contributed by atoms with Gasteiger partial charge in [0.15, 0.2) is 0 Å². The minimum Gasteiger partial charge on any atom is -0.417 e. The second-order valence-electron chi connectivity index (χ2n) is 5.40. The van der Waals surface area contributed by atoms with Crippen LogP contribution in [0.5, 0.6) is 0 Å². The Hall–Kier alpha value is 0.0938. The molecule has 0 aromatic rings. The summed E-state index contributed by atoms with van der Waals surface area (Å²) >= 11 is 0. The molecule has 15 heavy (non-hydrogen) atoms. The first-order chi connectivity index (χ1) is 6.82. The van der Waals surface area contributed by atoms with Crippen molar-refractivity contribution in [2.24, 2.45) is 5.92 Å². The van der Waals surface area contributed by atoms with Gasteiger partial charge in [0, 0.05) is 14.2 Å². The van der Waals surface area contributed by atoms with Crippen molar-refractivity contribution < 1.29 is 8.85 Å².